The van der Waals surface area contributed by atoms with E-state index in [1.807, 2.05) is 50.4 Å². The van der Waals surface area contributed by atoms with Crippen molar-refractivity contribution in [2.75, 3.05) is 7.05 Å². The van der Waals surface area contributed by atoms with Gasteiger partial charge in [-0.15, -0.1) is 0 Å². The average molecular weight is 266 g/mol. The van der Waals surface area contributed by atoms with E-state index >= 15 is 0 Å². The average Bonchev–Trinajstić information content (AvgIpc) is 2.46. The van der Waals surface area contributed by atoms with Gasteiger partial charge >= 0.3 is 0 Å². The fourth-order valence-electron chi connectivity index (χ4n) is 2.04. The lowest BCUT2D eigenvalue weighted by Gasteiger charge is -2.10. The van der Waals surface area contributed by atoms with Crippen LogP contribution in [-0.4, -0.2) is 7.05 Å². The van der Waals surface area contributed by atoms with Gasteiger partial charge in [-0.1, -0.05) is 18.2 Å². The van der Waals surface area contributed by atoms with Crippen LogP contribution < -0.4 is 10.1 Å². The lowest BCUT2D eigenvalue weighted by molar-refractivity contribution is 0.305. The first kappa shape index (κ1) is 14.1. The molecular weight excluding hydrogens is 248 g/mol. The third-order valence-electron chi connectivity index (χ3n) is 3.15. The molecule has 0 radical (unpaired) electrons. The molecule has 0 fully saturated rings. The van der Waals surface area contributed by atoms with Gasteiger partial charge in [-0.25, -0.2) is 0 Å². The summed E-state index contributed by atoms with van der Waals surface area (Å²) < 4.78 is 5.82. The number of hydrogen-bond donors (Lipinski definition) is 1. The standard InChI is InChI=1S/C17H18N2O/c1-13-8-14(10-18)6-7-16(13)12-20-17-5-3-4-15(9-17)11-19-2/h3-9,19H,11-12H2,1-2H3. The molecule has 1 N–H and O–H groups in total. The summed E-state index contributed by atoms with van der Waals surface area (Å²) in [4.78, 5) is 0. The molecule has 0 aliphatic carbocycles. The van der Waals surface area contributed by atoms with E-state index in [1.165, 1.54) is 5.56 Å². The first-order chi connectivity index (χ1) is 9.72. The van der Waals surface area contributed by atoms with Gasteiger partial charge in [0.2, 0.25) is 0 Å². The second kappa shape index (κ2) is 6.74. The van der Waals surface area contributed by atoms with Crippen LogP contribution in [0, 0.1) is 18.3 Å². The SMILES string of the molecule is CNCc1cccc(OCc2ccc(C#N)cc2C)c1. The molecule has 3 heteroatoms. The summed E-state index contributed by atoms with van der Waals surface area (Å²) in [5, 5.41) is 12.0. The molecule has 2 aromatic carbocycles. The van der Waals surface area contributed by atoms with Gasteiger partial charge in [0.1, 0.15) is 12.4 Å². The van der Waals surface area contributed by atoms with Crippen molar-refractivity contribution < 1.29 is 4.74 Å². The summed E-state index contributed by atoms with van der Waals surface area (Å²) in [6.45, 7) is 3.34. The molecule has 0 aromatic heterocycles. The zero-order valence-electron chi connectivity index (χ0n) is 11.8. The van der Waals surface area contributed by atoms with E-state index in [-0.39, 0.29) is 0 Å². The van der Waals surface area contributed by atoms with Crippen LogP contribution in [0.2, 0.25) is 0 Å². The Hall–Kier alpha value is -2.31. The lowest BCUT2D eigenvalue weighted by Crippen LogP contribution is -2.05. The minimum absolute atomic E-state index is 0.514. The van der Waals surface area contributed by atoms with E-state index in [0.29, 0.717) is 12.2 Å². The zero-order valence-corrected chi connectivity index (χ0v) is 11.8. The third kappa shape index (κ3) is 3.59. The molecule has 0 saturated heterocycles. The van der Waals surface area contributed by atoms with Gasteiger partial charge in [0.25, 0.3) is 0 Å². The molecule has 0 saturated carbocycles. The summed E-state index contributed by atoms with van der Waals surface area (Å²) >= 11 is 0. The molecular formula is C17H18N2O. The molecule has 0 spiro atoms. The molecule has 2 aromatic rings. The highest BCUT2D eigenvalue weighted by atomic mass is 16.5. The zero-order chi connectivity index (χ0) is 14.4. The van der Waals surface area contributed by atoms with Crippen molar-refractivity contribution in [1.82, 2.24) is 5.32 Å². The highest BCUT2D eigenvalue weighted by Gasteiger charge is 2.02. The Labute approximate surface area is 119 Å². The largest absolute Gasteiger partial charge is 0.489 e. The Morgan fingerprint density at radius 3 is 2.75 bits per heavy atom. The summed E-state index contributed by atoms with van der Waals surface area (Å²) in [5.41, 5.74) is 4.06. The maximum atomic E-state index is 8.85. The van der Waals surface area contributed by atoms with E-state index in [9.17, 15) is 0 Å². The molecule has 0 aliphatic rings. The first-order valence-electron chi connectivity index (χ1n) is 6.59. The molecule has 0 aliphatic heterocycles. The van der Waals surface area contributed by atoms with E-state index in [0.717, 1.165) is 23.4 Å². The summed E-state index contributed by atoms with van der Waals surface area (Å²) in [7, 11) is 1.92. The highest BCUT2D eigenvalue weighted by Crippen LogP contribution is 2.17. The van der Waals surface area contributed by atoms with Crippen molar-refractivity contribution in [3.63, 3.8) is 0 Å². The minimum Gasteiger partial charge on any atom is -0.489 e. The fraction of sp³-hybridized carbons (Fsp3) is 0.235. The van der Waals surface area contributed by atoms with Crippen LogP contribution in [0.3, 0.4) is 0 Å². The molecule has 3 nitrogen and oxygen atoms in total. The topological polar surface area (TPSA) is 45.0 Å². The van der Waals surface area contributed by atoms with E-state index in [4.69, 9.17) is 10.00 Å². The number of rotatable bonds is 5. The van der Waals surface area contributed by atoms with Crippen LogP contribution in [0.25, 0.3) is 0 Å². The van der Waals surface area contributed by atoms with Gasteiger partial charge in [0, 0.05) is 6.54 Å². The number of nitriles is 1. The van der Waals surface area contributed by atoms with Crippen LogP contribution in [0.5, 0.6) is 5.75 Å². The van der Waals surface area contributed by atoms with Crippen molar-refractivity contribution in [1.29, 1.82) is 5.26 Å². The van der Waals surface area contributed by atoms with E-state index in [2.05, 4.69) is 17.5 Å². The smallest absolute Gasteiger partial charge is 0.120 e. The van der Waals surface area contributed by atoms with Gasteiger partial charge < -0.3 is 10.1 Å². The van der Waals surface area contributed by atoms with Gasteiger partial charge in [-0.05, 0) is 54.9 Å². The van der Waals surface area contributed by atoms with Crippen molar-refractivity contribution in [3.8, 4) is 11.8 Å². The number of aryl methyl sites for hydroxylation is 1. The maximum absolute atomic E-state index is 8.85. The third-order valence-corrected chi connectivity index (χ3v) is 3.15. The Balaban J connectivity index is 2.05. The van der Waals surface area contributed by atoms with Crippen molar-refractivity contribution in [3.05, 3.63) is 64.7 Å². The number of ether oxygens (including phenoxy) is 1. The normalized spacial score (nSPS) is 10.1. The van der Waals surface area contributed by atoms with Gasteiger partial charge in [-0.2, -0.15) is 5.26 Å². The van der Waals surface area contributed by atoms with E-state index in [1.54, 1.807) is 0 Å². The highest BCUT2D eigenvalue weighted by molar-refractivity contribution is 5.37. The van der Waals surface area contributed by atoms with Crippen molar-refractivity contribution in [2.45, 2.75) is 20.1 Å². The Morgan fingerprint density at radius 1 is 1.20 bits per heavy atom. The fourth-order valence-corrected chi connectivity index (χ4v) is 2.04. The van der Waals surface area contributed by atoms with Crippen molar-refractivity contribution >= 4 is 0 Å². The van der Waals surface area contributed by atoms with Gasteiger partial charge in [0.05, 0.1) is 11.6 Å². The first-order valence-corrected chi connectivity index (χ1v) is 6.59. The van der Waals surface area contributed by atoms with Crippen LogP contribution in [0.1, 0.15) is 22.3 Å². The van der Waals surface area contributed by atoms with Crippen LogP contribution in [-0.2, 0) is 13.2 Å². The molecule has 0 heterocycles. The monoisotopic (exact) mass is 266 g/mol. The second-order valence-corrected chi connectivity index (χ2v) is 4.72. The predicted octanol–water partition coefficient (Wildman–Crippen LogP) is 3.17. The molecule has 0 atom stereocenters. The minimum atomic E-state index is 0.514. The van der Waals surface area contributed by atoms with Crippen LogP contribution in [0.4, 0.5) is 0 Å². The molecule has 0 amide bonds. The number of nitrogens with one attached hydrogen (secondary N) is 1. The summed E-state index contributed by atoms with van der Waals surface area (Å²) in [6.07, 6.45) is 0. The number of hydrogen-bond acceptors (Lipinski definition) is 3. The van der Waals surface area contributed by atoms with Crippen LogP contribution >= 0.6 is 0 Å². The Bertz CT molecular complexity index is 629. The quantitative estimate of drug-likeness (QED) is 0.904. The number of benzene rings is 2. The van der Waals surface area contributed by atoms with Gasteiger partial charge in [-0.3, -0.25) is 0 Å². The predicted molar refractivity (Wildman–Crippen MR) is 79.4 cm³/mol. The molecule has 0 unspecified atom stereocenters. The molecule has 20 heavy (non-hydrogen) atoms. The Morgan fingerprint density at radius 2 is 2.05 bits per heavy atom. The number of nitrogens with zero attached hydrogens (tertiary/aromatic N) is 1. The molecule has 2 rings (SSSR count). The summed E-state index contributed by atoms with van der Waals surface area (Å²) in [5.74, 6) is 0.863. The van der Waals surface area contributed by atoms with Crippen LogP contribution in [0.15, 0.2) is 42.5 Å². The van der Waals surface area contributed by atoms with Gasteiger partial charge in [0.15, 0.2) is 0 Å². The second-order valence-electron chi connectivity index (χ2n) is 4.72. The maximum Gasteiger partial charge on any atom is 0.120 e. The van der Waals surface area contributed by atoms with Crippen molar-refractivity contribution in [2.24, 2.45) is 0 Å². The molecule has 0 bridgehead atoms. The molecule has 102 valence electrons. The summed E-state index contributed by atoms with van der Waals surface area (Å²) in [6, 6.07) is 15.9. The van der Waals surface area contributed by atoms with E-state index < -0.39 is 0 Å². The Kier molecular flexibility index (Phi) is 4.75. The lowest BCUT2D eigenvalue weighted by atomic mass is 10.1.